The van der Waals surface area contributed by atoms with E-state index in [0.717, 1.165) is 5.56 Å². The highest BCUT2D eigenvalue weighted by Gasteiger charge is 2.43. The lowest BCUT2D eigenvalue weighted by Gasteiger charge is -2.33. The van der Waals surface area contributed by atoms with Gasteiger partial charge >= 0.3 is 12.0 Å². The minimum absolute atomic E-state index is 0.189. The van der Waals surface area contributed by atoms with E-state index in [2.05, 4.69) is 5.32 Å². The highest BCUT2D eigenvalue weighted by atomic mass is 19.1. The van der Waals surface area contributed by atoms with Crippen molar-refractivity contribution in [2.24, 2.45) is 10.8 Å². The van der Waals surface area contributed by atoms with Gasteiger partial charge in [0, 0.05) is 13.1 Å². The second-order valence-corrected chi connectivity index (χ2v) is 7.84. The third kappa shape index (κ3) is 3.86. The van der Waals surface area contributed by atoms with Crippen LogP contribution in [0.25, 0.3) is 0 Å². The van der Waals surface area contributed by atoms with E-state index < -0.39 is 11.4 Å². The monoisotopic (exact) mass is 336 g/mol. The van der Waals surface area contributed by atoms with Gasteiger partial charge in [0.2, 0.25) is 0 Å². The maximum atomic E-state index is 13.2. The molecule has 0 saturated carbocycles. The van der Waals surface area contributed by atoms with Gasteiger partial charge in [0.1, 0.15) is 5.82 Å². The summed E-state index contributed by atoms with van der Waals surface area (Å²) in [6, 6.07) is 5.48. The van der Waals surface area contributed by atoms with Crippen LogP contribution in [0.3, 0.4) is 0 Å². The van der Waals surface area contributed by atoms with Gasteiger partial charge in [-0.25, -0.2) is 9.18 Å². The lowest BCUT2D eigenvalue weighted by Crippen LogP contribution is -2.45. The standard InChI is InChI=1S/C18H25FN2O3/c1-17(2,3)14(12-5-7-13(19)8-6-12)20-16(24)21-10-9-18(4,11-21)15(22)23/h5-8,14H,9-11H2,1-4H3,(H,20,24)(H,22,23). The molecule has 0 aromatic heterocycles. The maximum Gasteiger partial charge on any atom is 0.317 e. The van der Waals surface area contributed by atoms with Gasteiger partial charge in [-0.3, -0.25) is 4.79 Å². The largest absolute Gasteiger partial charge is 0.481 e. The number of benzene rings is 1. The molecule has 1 aliphatic heterocycles. The molecule has 0 aliphatic carbocycles. The van der Waals surface area contributed by atoms with E-state index in [0.29, 0.717) is 13.0 Å². The third-order valence-electron chi connectivity index (χ3n) is 4.61. The zero-order valence-electron chi connectivity index (χ0n) is 14.6. The molecule has 2 unspecified atom stereocenters. The number of carbonyl (C=O) groups is 2. The van der Waals surface area contributed by atoms with E-state index >= 15 is 0 Å². The van der Waals surface area contributed by atoms with Crippen LogP contribution in [0.5, 0.6) is 0 Å². The lowest BCUT2D eigenvalue weighted by atomic mass is 9.82. The fraction of sp³-hybridized carbons (Fsp3) is 0.556. The fourth-order valence-corrected chi connectivity index (χ4v) is 2.98. The van der Waals surface area contributed by atoms with Crippen molar-refractivity contribution >= 4 is 12.0 Å². The van der Waals surface area contributed by atoms with E-state index in [1.807, 2.05) is 20.8 Å². The number of rotatable bonds is 3. The zero-order valence-corrected chi connectivity index (χ0v) is 14.6. The molecular weight excluding hydrogens is 311 g/mol. The normalized spacial score (nSPS) is 22.3. The van der Waals surface area contributed by atoms with E-state index in [-0.39, 0.29) is 29.8 Å². The van der Waals surface area contributed by atoms with E-state index in [9.17, 15) is 19.1 Å². The maximum absolute atomic E-state index is 13.2. The smallest absolute Gasteiger partial charge is 0.317 e. The van der Waals surface area contributed by atoms with Crippen molar-refractivity contribution in [3.8, 4) is 0 Å². The summed E-state index contributed by atoms with van der Waals surface area (Å²) < 4.78 is 13.2. The molecule has 2 rings (SSSR count). The number of nitrogens with one attached hydrogen (secondary N) is 1. The summed E-state index contributed by atoms with van der Waals surface area (Å²) >= 11 is 0. The second kappa shape index (κ2) is 6.42. The minimum Gasteiger partial charge on any atom is -0.481 e. The number of carboxylic acids is 1. The molecule has 1 saturated heterocycles. The predicted octanol–water partition coefficient (Wildman–Crippen LogP) is 3.42. The Morgan fingerprint density at radius 1 is 1.29 bits per heavy atom. The molecule has 2 atom stereocenters. The first-order chi connectivity index (χ1) is 11.0. The number of carbonyl (C=O) groups excluding carboxylic acids is 1. The molecule has 0 spiro atoms. The summed E-state index contributed by atoms with van der Waals surface area (Å²) in [5, 5.41) is 12.3. The van der Waals surface area contributed by atoms with Gasteiger partial charge in [-0.1, -0.05) is 32.9 Å². The average molecular weight is 336 g/mol. The number of amides is 2. The van der Waals surface area contributed by atoms with Crippen LogP contribution < -0.4 is 5.32 Å². The van der Waals surface area contributed by atoms with Crippen molar-refractivity contribution in [1.29, 1.82) is 0 Å². The average Bonchev–Trinajstić information content (AvgIpc) is 2.89. The van der Waals surface area contributed by atoms with Crippen LogP contribution in [0.4, 0.5) is 9.18 Å². The molecule has 1 heterocycles. The zero-order chi connectivity index (χ0) is 18.1. The Bertz CT molecular complexity index is 624. The van der Waals surface area contributed by atoms with Crippen LogP contribution in [0.2, 0.25) is 0 Å². The van der Waals surface area contributed by atoms with Gasteiger partial charge in [0.15, 0.2) is 0 Å². The molecular formula is C18H25FN2O3. The molecule has 1 aromatic rings. The molecule has 0 bridgehead atoms. The summed E-state index contributed by atoms with van der Waals surface area (Å²) in [7, 11) is 0. The van der Waals surface area contributed by atoms with E-state index in [4.69, 9.17) is 0 Å². The first-order valence-corrected chi connectivity index (χ1v) is 8.07. The van der Waals surface area contributed by atoms with Crippen LogP contribution in [-0.4, -0.2) is 35.1 Å². The first-order valence-electron chi connectivity index (χ1n) is 8.07. The predicted molar refractivity (Wildman–Crippen MR) is 89.1 cm³/mol. The first kappa shape index (κ1) is 18.2. The Labute approximate surface area is 141 Å². The number of urea groups is 1. The minimum atomic E-state index is -0.898. The quantitative estimate of drug-likeness (QED) is 0.888. The van der Waals surface area contributed by atoms with E-state index in [1.165, 1.54) is 17.0 Å². The van der Waals surface area contributed by atoms with Crippen LogP contribution in [0.1, 0.15) is 45.7 Å². The Morgan fingerprint density at radius 3 is 2.33 bits per heavy atom. The van der Waals surface area contributed by atoms with Gasteiger partial charge in [-0.2, -0.15) is 0 Å². The van der Waals surface area contributed by atoms with Gasteiger partial charge < -0.3 is 15.3 Å². The number of halogens is 1. The summed E-state index contributed by atoms with van der Waals surface area (Å²) in [5.41, 5.74) is -0.356. The van der Waals surface area contributed by atoms with Gasteiger partial charge in [-0.05, 0) is 36.5 Å². The molecule has 2 N–H and O–H groups in total. The van der Waals surface area contributed by atoms with Crippen molar-refractivity contribution in [1.82, 2.24) is 10.2 Å². The fourth-order valence-electron chi connectivity index (χ4n) is 2.98. The number of likely N-dealkylation sites (tertiary alicyclic amines) is 1. The summed E-state index contributed by atoms with van der Waals surface area (Å²) in [6.45, 7) is 8.24. The lowest BCUT2D eigenvalue weighted by molar-refractivity contribution is -0.147. The molecule has 5 nitrogen and oxygen atoms in total. The number of hydrogen-bond acceptors (Lipinski definition) is 2. The van der Waals surface area contributed by atoms with Crippen molar-refractivity contribution in [2.75, 3.05) is 13.1 Å². The molecule has 132 valence electrons. The highest BCUT2D eigenvalue weighted by molar-refractivity contribution is 5.79. The van der Waals surface area contributed by atoms with Crippen molar-refractivity contribution < 1.29 is 19.1 Å². The van der Waals surface area contributed by atoms with Gasteiger partial charge in [0.05, 0.1) is 11.5 Å². The molecule has 1 aliphatic rings. The van der Waals surface area contributed by atoms with Crippen LogP contribution in [-0.2, 0) is 4.79 Å². The van der Waals surface area contributed by atoms with Crippen LogP contribution >= 0.6 is 0 Å². The summed E-state index contributed by atoms with van der Waals surface area (Å²) in [5.74, 6) is -1.21. The topological polar surface area (TPSA) is 69.6 Å². The third-order valence-corrected chi connectivity index (χ3v) is 4.61. The highest BCUT2D eigenvalue weighted by Crippen LogP contribution is 2.34. The molecule has 1 fully saturated rings. The SMILES string of the molecule is CC1(C(=O)O)CCN(C(=O)NC(c2ccc(F)cc2)C(C)(C)C)C1. The van der Waals surface area contributed by atoms with Crippen molar-refractivity contribution in [3.05, 3.63) is 35.6 Å². The Balaban J connectivity index is 2.14. The van der Waals surface area contributed by atoms with Gasteiger partial charge in [-0.15, -0.1) is 0 Å². The number of aliphatic carboxylic acids is 1. The number of nitrogens with zero attached hydrogens (tertiary/aromatic N) is 1. The van der Waals surface area contributed by atoms with Crippen LogP contribution in [0, 0.1) is 16.6 Å². The second-order valence-electron chi connectivity index (χ2n) is 7.84. The number of hydrogen-bond donors (Lipinski definition) is 2. The Morgan fingerprint density at radius 2 is 1.88 bits per heavy atom. The Hall–Kier alpha value is -2.11. The molecule has 6 heteroatoms. The molecule has 1 aromatic carbocycles. The molecule has 24 heavy (non-hydrogen) atoms. The molecule has 2 amide bonds. The van der Waals surface area contributed by atoms with Crippen LogP contribution in [0.15, 0.2) is 24.3 Å². The van der Waals surface area contributed by atoms with Gasteiger partial charge in [0.25, 0.3) is 0 Å². The summed E-state index contributed by atoms with van der Waals surface area (Å²) in [6.07, 6.45) is 0.437. The van der Waals surface area contributed by atoms with E-state index in [1.54, 1.807) is 19.1 Å². The van der Waals surface area contributed by atoms with Crippen molar-refractivity contribution in [3.63, 3.8) is 0 Å². The number of carboxylic acid groups (broad SMARTS) is 1. The molecule has 0 radical (unpaired) electrons. The Kier molecular flexibility index (Phi) is 4.87. The summed E-state index contributed by atoms with van der Waals surface area (Å²) in [4.78, 5) is 25.5. The van der Waals surface area contributed by atoms with Crippen molar-refractivity contribution in [2.45, 2.75) is 40.2 Å².